The molecule has 0 aromatic heterocycles. The zero-order valence-electron chi connectivity index (χ0n) is 11.8. The van der Waals surface area contributed by atoms with Gasteiger partial charge < -0.3 is 19.7 Å². The molecule has 0 bridgehead atoms. The fourth-order valence-electron chi connectivity index (χ4n) is 2.74. The summed E-state index contributed by atoms with van der Waals surface area (Å²) in [6, 6.07) is 7.80. The summed E-state index contributed by atoms with van der Waals surface area (Å²) < 4.78 is 12.4. The van der Waals surface area contributed by atoms with Crippen LogP contribution in [0, 0.1) is 0 Å². The summed E-state index contributed by atoms with van der Waals surface area (Å²) in [5, 5.41) is 3.16. The van der Waals surface area contributed by atoms with Gasteiger partial charge in [0.15, 0.2) is 5.79 Å². The predicted molar refractivity (Wildman–Crippen MR) is 83.1 cm³/mol. The van der Waals surface area contributed by atoms with Gasteiger partial charge in [-0.3, -0.25) is 4.79 Å². The number of ether oxygens (including phenoxy) is 2. The molecule has 1 amide bonds. The molecule has 2 aliphatic heterocycles. The Kier molecular flexibility index (Phi) is 4.47. The number of amides is 1. The van der Waals surface area contributed by atoms with Gasteiger partial charge in [0.1, 0.15) is 0 Å². The Morgan fingerprint density at radius 2 is 1.81 bits per heavy atom. The topological polar surface area (TPSA) is 50.8 Å². The average Bonchev–Trinajstić information content (AvgIpc) is 2.95. The standard InChI is InChI=1S/C15H19BrN2O3/c16-12-1-3-13(4-2-12)17-11-14(19)18-7-5-15(6-8-18)20-9-10-21-15/h1-4,17H,5-11H2. The van der Waals surface area contributed by atoms with Crippen LogP contribution in [0.25, 0.3) is 0 Å². The van der Waals surface area contributed by atoms with E-state index < -0.39 is 5.79 Å². The zero-order chi connectivity index (χ0) is 14.7. The van der Waals surface area contributed by atoms with Crippen LogP contribution in [0.2, 0.25) is 0 Å². The number of likely N-dealkylation sites (tertiary alicyclic amines) is 1. The van der Waals surface area contributed by atoms with Crippen molar-refractivity contribution in [3.8, 4) is 0 Å². The first kappa shape index (κ1) is 14.8. The van der Waals surface area contributed by atoms with Crippen LogP contribution in [0.3, 0.4) is 0 Å². The Balaban J connectivity index is 1.47. The monoisotopic (exact) mass is 354 g/mol. The Hall–Kier alpha value is -1.11. The number of piperidine rings is 1. The number of nitrogens with one attached hydrogen (secondary N) is 1. The normalized spacial score (nSPS) is 20.7. The third-order valence-electron chi connectivity index (χ3n) is 3.98. The van der Waals surface area contributed by atoms with Gasteiger partial charge in [-0.1, -0.05) is 15.9 Å². The molecule has 114 valence electrons. The molecular formula is C15H19BrN2O3. The second kappa shape index (κ2) is 6.34. The highest BCUT2D eigenvalue weighted by atomic mass is 79.9. The minimum absolute atomic E-state index is 0.116. The van der Waals surface area contributed by atoms with E-state index in [4.69, 9.17) is 9.47 Å². The maximum atomic E-state index is 12.2. The lowest BCUT2D eigenvalue weighted by Crippen LogP contribution is -2.48. The molecule has 2 heterocycles. The number of carbonyl (C=O) groups is 1. The summed E-state index contributed by atoms with van der Waals surface area (Å²) in [7, 11) is 0. The quantitative estimate of drug-likeness (QED) is 0.904. The van der Waals surface area contributed by atoms with Crippen molar-refractivity contribution in [3.63, 3.8) is 0 Å². The van der Waals surface area contributed by atoms with Crippen molar-refractivity contribution in [1.82, 2.24) is 4.90 Å². The third kappa shape index (κ3) is 3.56. The molecule has 2 aliphatic rings. The second-order valence-corrected chi connectivity index (χ2v) is 6.26. The molecule has 2 fully saturated rings. The van der Waals surface area contributed by atoms with Crippen LogP contribution in [0.15, 0.2) is 28.7 Å². The van der Waals surface area contributed by atoms with E-state index >= 15 is 0 Å². The van der Waals surface area contributed by atoms with Crippen LogP contribution >= 0.6 is 15.9 Å². The Morgan fingerprint density at radius 3 is 2.43 bits per heavy atom. The van der Waals surface area contributed by atoms with Gasteiger partial charge in [0.05, 0.1) is 19.8 Å². The van der Waals surface area contributed by atoms with E-state index in [1.807, 2.05) is 29.2 Å². The lowest BCUT2D eigenvalue weighted by atomic mass is 10.0. The van der Waals surface area contributed by atoms with Crippen LogP contribution in [-0.2, 0) is 14.3 Å². The SMILES string of the molecule is O=C(CNc1ccc(Br)cc1)N1CCC2(CC1)OCCO2. The Bertz CT molecular complexity index is 490. The molecule has 2 saturated heterocycles. The minimum Gasteiger partial charge on any atom is -0.376 e. The number of hydrogen-bond acceptors (Lipinski definition) is 4. The van der Waals surface area contributed by atoms with Crippen molar-refractivity contribution in [3.05, 3.63) is 28.7 Å². The number of carbonyl (C=O) groups excluding carboxylic acids is 1. The van der Waals surface area contributed by atoms with Gasteiger partial charge in [0.25, 0.3) is 0 Å². The van der Waals surface area contributed by atoms with E-state index in [1.54, 1.807) is 0 Å². The first-order valence-electron chi connectivity index (χ1n) is 7.22. The number of halogens is 1. The van der Waals surface area contributed by atoms with Crippen LogP contribution < -0.4 is 5.32 Å². The summed E-state index contributed by atoms with van der Waals surface area (Å²) in [5.41, 5.74) is 0.947. The number of hydrogen-bond donors (Lipinski definition) is 1. The molecule has 6 heteroatoms. The summed E-state index contributed by atoms with van der Waals surface area (Å²) in [5.74, 6) is -0.304. The van der Waals surface area contributed by atoms with Crippen molar-refractivity contribution in [2.45, 2.75) is 18.6 Å². The predicted octanol–water partition coefficient (Wildman–Crippen LogP) is 2.23. The smallest absolute Gasteiger partial charge is 0.241 e. The largest absolute Gasteiger partial charge is 0.376 e. The molecule has 1 spiro atoms. The summed E-state index contributed by atoms with van der Waals surface area (Å²) in [6.07, 6.45) is 1.52. The maximum absolute atomic E-state index is 12.2. The van der Waals surface area contributed by atoms with Crippen molar-refractivity contribution < 1.29 is 14.3 Å². The number of benzene rings is 1. The van der Waals surface area contributed by atoms with E-state index in [-0.39, 0.29) is 5.91 Å². The molecule has 0 unspecified atom stereocenters. The van der Waals surface area contributed by atoms with Gasteiger partial charge in [-0.15, -0.1) is 0 Å². The molecule has 1 aromatic rings. The third-order valence-corrected chi connectivity index (χ3v) is 4.51. The molecule has 5 nitrogen and oxygen atoms in total. The van der Waals surface area contributed by atoms with Crippen molar-refractivity contribution >= 4 is 27.5 Å². The fraction of sp³-hybridized carbons (Fsp3) is 0.533. The van der Waals surface area contributed by atoms with Crippen molar-refractivity contribution in [1.29, 1.82) is 0 Å². The van der Waals surface area contributed by atoms with Crippen molar-refractivity contribution in [2.24, 2.45) is 0 Å². The molecular weight excluding hydrogens is 336 g/mol. The van der Waals surface area contributed by atoms with Crippen LogP contribution in [0.4, 0.5) is 5.69 Å². The highest BCUT2D eigenvalue weighted by Gasteiger charge is 2.40. The van der Waals surface area contributed by atoms with Gasteiger partial charge >= 0.3 is 0 Å². The highest BCUT2D eigenvalue weighted by Crippen LogP contribution is 2.31. The average molecular weight is 355 g/mol. The molecule has 0 radical (unpaired) electrons. The van der Waals surface area contributed by atoms with E-state index in [0.29, 0.717) is 32.8 Å². The molecule has 0 saturated carbocycles. The van der Waals surface area contributed by atoms with Crippen LogP contribution in [-0.4, -0.2) is 49.4 Å². The summed E-state index contributed by atoms with van der Waals surface area (Å²) >= 11 is 3.39. The van der Waals surface area contributed by atoms with E-state index in [0.717, 1.165) is 23.0 Å². The second-order valence-electron chi connectivity index (χ2n) is 5.35. The first-order valence-corrected chi connectivity index (χ1v) is 8.01. The molecule has 21 heavy (non-hydrogen) atoms. The lowest BCUT2D eigenvalue weighted by molar-refractivity contribution is -0.187. The van der Waals surface area contributed by atoms with Gasteiger partial charge in [-0.2, -0.15) is 0 Å². The maximum Gasteiger partial charge on any atom is 0.241 e. The van der Waals surface area contributed by atoms with Crippen LogP contribution in [0.1, 0.15) is 12.8 Å². The van der Waals surface area contributed by atoms with Crippen molar-refractivity contribution in [2.75, 3.05) is 38.2 Å². The summed E-state index contributed by atoms with van der Waals surface area (Å²) in [4.78, 5) is 14.1. The zero-order valence-corrected chi connectivity index (χ0v) is 13.4. The molecule has 0 aliphatic carbocycles. The van der Waals surface area contributed by atoms with Gasteiger partial charge in [0.2, 0.25) is 5.91 Å². The number of nitrogens with zero attached hydrogens (tertiary/aromatic N) is 1. The summed E-state index contributed by atoms with van der Waals surface area (Å²) in [6.45, 7) is 3.04. The van der Waals surface area contributed by atoms with Crippen LogP contribution in [0.5, 0.6) is 0 Å². The van der Waals surface area contributed by atoms with E-state index in [2.05, 4.69) is 21.2 Å². The Labute approximate surface area is 132 Å². The first-order chi connectivity index (χ1) is 10.2. The Morgan fingerprint density at radius 1 is 1.19 bits per heavy atom. The molecule has 1 N–H and O–H groups in total. The fourth-order valence-corrected chi connectivity index (χ4v) is 3.00. The van der Waals surface area contributed by atoms with E-state index in [9.17, 15) is 4.79 Å². The highest BCUT2D eigenvalue weighted by molar-refractivity contribution is 9.10. The molecule has 1 aromatic carbocycles. The van der Waals surface area contributed by atoms with E-state index in [1.165, 1.54) is 0 Å². The lowest BCUT2D eigenvalue weighted by Gasteiger charge is -2.37. The number of anilines is 1. The van der Waals surface area contributed by atoms with Gasteiger partial charge in [0, 0.05) is 36.1 Å². The molecule has 3 rings (SSSR count). The van der Waals surface area contributed by atoms with Gasteiger partial charge in [-0.25, -0.2) is 0 Å². The minimum atomic E-state index is -0.421. The van der Waals surface area contributed by atoms with Gasteiger partial charge in [-0.05, 0) is 24.3 Å². The number of rotatable bonds is 3. The molecule has 0 atom stereocenters.